The molecule has 0 aliphatic carbocycles. The monoisotopic (exact) mass is 417 g/mol. The first-order chi connectivity index (χ1) is 15.1. The zero-order chi connectivity index (χ0) is 21.6. The van der Waals surface area contributed by atoms with Gasteiger partial charge < -0.3 is 19.7 Å². The molecule has 0 radical (unpaired) electrons. The summed E-state index contributed by atoms with van der Waals surface area (Å²) in [7, 11) is 0. The van der Waals surface area contributed by atoms with E-state index in [4.69, 9.17) is 9.47 Å². The minimum atomic E-state index is -0.101. The van der Waals surface area contributed by atoms with Crippen molar-refractivity contribution in [2.75, 3.05) is 24.6 Å². The van der Waals surface area contributed by atoms with E-state index in [0.717, 1.165) is 35.8 Å². The maximum atomic E-state index is 12.3. The summed E-state index contributed by atoms with van der Waals surface area (Å²) in [4.78, 5) is 18.6. The Morgan fingerprint density at radius 2 is 1.68 bits per heavy atom. The topological polar surface area (TPSA) is 63.7 Å². The maximum absolute atomic E-state index is 12.3. The number of nitrogens with one attached hydrogen (secondary N) is 1. The summed E-state index contributed by atoms with van der Waals surface area (Å²) in [6.45, 7) is 6.31. The second-order valence-electron chi connectivity index (χ2n) is 7.57. The van der Waals surface area contributed by atoms with Crippen LogP contribution in [0.3, 0.4) is 0 Å². The van der Waals surface area contributed by atoms with Crippen molar-refractivity contribution in [1.82, 2.24) is 10.3 Å². The molecule has 6 nitrogen and oxygen atoms in total. The second kappa shape index (κ2) is 9.51. The molecule has 1 aliphatic rings. The van der Waals surface area contributed by atoms with Gasteiger partial charge in [-0.15, -0.1) is 0 Å². The second-order valence-corrected chi connectivity index (χ2v) is 7.57. The molecule has 6 heteroatoms. The molecule has 1 amide bonds. The van der Waals surface area contributed by atoms with Gasteiger partial charge in [-0.05, 0) is 67.9 Å². The number of amides is 1. The predicted molar refractivity (Wildman–Crippen MR) is 121 cm³/mol. The van der Waals surface area contributed by atoms with Crippen LogP contribution in [0.15, 0.2) is 73.1 Å². The number of rotatable bonds is 8. The van der Waals surface area contributed by atoms with E-state index in [9.17, 15) is 4.79 Å². The van der Waals surface area contributed by atoms with E-state index in [1.54, 1.807) is 24.5 Å². The van der Waals surface area contributed by atoms with Gasteiger partial charge in [-0.2, -0.15) is 0 Å². The SMILES string of the molecule is CCOc1ccc(OC2CN(c3ccc([C@H](C)NC(=O)c4ccncc4)cc3)C2)cc1. The number of pyridine rings is 1. The van der Waals surface area contributed by atoms with Gasteiger partial charge >= 0.3 is 0 Å². The molecule has 2 aromatic carbocycles. The molecule has 31 heavy (non-hydrogen) atoms. The number of carbonyl (C=O) groups excluding carboxylic acids is 1. The normalized spacial score (nSPS) is 14.5. The molecule has 1 N–H and O–H groups in total. The van der Waals surface area contributed by atoms with Crippen LogP contribution in [-0.4, -0.2) is 36.7 Å². The van der Waals surface area contributed by atoms with Gasteiger partial charge in [-0.3, -0.25) is 9.78 Å². The van der Waals surface area contributed by atoms with Crippen molar-refractivity contribution in [2.45, 2.75) is 26.0 Å². The van der Waals surface area contributed by atoms with Crippen molar-refractivity contribution in [3.8, 4) is 11.5 Å². The molecule has 1 saturated heterocycles. The molecule has 0 saturated carbocycles. The molecule has 3 aromatic rings. The molecule has 160 valence electrons. The Balaban J connectivity index is 1.26. The van der Waals surface area contributed by atoms with Gasteiger partial charge in [0.2, 0.25) is 0 Å². The Labute approximate surface area is 182 Å². The van der Waals surface area contributed by atoms with Crippen LogP contribution >= 0.6 is 0 Å². The van der Waals surface area contributed by atoms with Crippen molar-refractivity contribution in [3.63, 3.8) is 0 Å². The molecule has 4 rings (SSSR count). The zero-order valence-electron chi connectivity index (χ0n) is 17.8. The predicted octanol–water partition coefficient (Wildman–Crippen LogP) is 4.24. The Kier molecular flexibility index (Phi) is 6.36. The summed E-state index contributed by atoms with van der Waals surface area (Å²) in [5.74, 6) is 1.62. The van der Waals surface area contributed by atoms with Crippen molar-refractivity contribution >= 4 is 11.6 Å². The van der Waals surface area contributed by atoms with Crippen LogP contribution in [-0.2, 0) is 0 Å². The molecule has 1 aromatic heterocycles. The standard InChI is InChI=1S/C25H27N3O3/c1-3-30-22-8-10-23(11-9-22)31-24-16-28(17-24)21-6-4-19(5-7-21)18(2)27-25(29)20-12-14-26-15-13-20/h4-15,18,24H,3,16-17H2,1-2H3,(H,27,29)/t18-/m0/s1. The van der Waals surface area contributed by atoms with Gasteiger partial charge in [0.25, 0.3) is 5.91 Å². The first-order valence-electron chi connectivity index (χ1n) is 10.6. The third kappa shape index (κ3) is 5.15. The van der Waals surface area contributed by atoms with Crippen LogP contribution < -0.4 is 19.7 Å². The summed E-state index contributed by atoms with van der Waals surface area (Å²) in [6.07, 6.45) is 3.42. The van der Waals surface area contributed by atoms with Gasteiger partial charge in [0.1, 0.15) is 17.6 Å². The average Bonchev–Trinajstić information content (AvgIpc) is 2.78. The molecule has 1 aliphatic heterocycles. The summed E-state index contributed by atoms with van der Waals surface area (Å²) >= 11 is 0. The van der Waals surface area contributed by atoms with Crippen LogP contribution in [0.1, 0.15) is 35.8 Å². The van der Waals surface area contributed by atoms with Crippen molar-refractivity contribution in [3.05, 3.63) is 84.2 Å². The lowest BCUT2D eigenvalue weighted by atomic mass is 10.1. The van der Waals surface area contributed by atoms with Gasteiger partial charge in [0, 0.05) is 23.6 Å². The Morgan fingerprint density at radius 1 is 1.03 bits per heavy atom. The fraction of sp³-hybridized carbons (Fsp3) is 0.280. The highest BCUT2D eigenvalue weighted by atomic mass is 16.5. The molecule has 0 unspecified atom stereocenters. The highest BCUT2D eigenvalue weighted by Gasteiger charge is 2.28. The number of hydrogen-bond donors (Lipinski definition) is 1. The summed E-state index contributed by atoms with van der Waals surface area (Å²) in [5, 5.41) is 3.03. The highest BCUT2D eigenvalue weighted by Crippen LogP contribution is 2.26. The van der Waals surface area contributed by atoms with E-state index < -0.39 is 0 Å². The molecule has 2 heterocycles. The van der Waals surface area contributed by atoms with Crippen LogP contribution in [0.25, 0.3) is 0 Å². The summed E-state index contributed by atoms with van der Waals surface area (Å²) < 4.78 is 11.5. The minimum Gasteiger partial charge on any atom is -0.494 e. The fourth-order valence-electron chi connectivity index (χ4n) is 3.54. The lowest BCUT2D eigenvalue weighted by Crippen LogP contribution is -2.54. The lowest BCUT2D eigenvalue weighted by molar-refractivity contribution is 0.0939. The highest BCUT2D eigenvalue weighted by molar-refractivity contribution is 5.94. The number of anilines is 1. The Morgan fingerprint density at radius 3 is 2.32 bits per heavy atom. The van der Waals surface area contributed by atoms with Crippen LogP contribution in [0.4, 0.5) is 5.69 Å². The first-order valence-corrected chi connectivity index (χ1v) is 10.6. The van der Waals surface area contributed by atoms with Gasteiger partial charge in [-0.1, -0.05) is 12.1 Å². The van der Waals surface area contributed by atoms with Crippen LogP contribution in [0, 0.1) is 0 Å². The van der Waals surface area contributed by atoms with E-state index in [1.807, 2.05) is 38.1 Å². The van der Waals surface area contributed by atoms with Crippen molar-refractivity contribution in [1.29, 1.82) is 0 Å². The van der Waals surface area contributed by atoms with Crippen molar-refractivity contribution < 1.29 is 14.3 Å². The van der Waals surface area contributed by atoms with Crippen LogP contribution in [0.5, 0.6) is 11.5 Å². The molecule has 0 bridgehead atoms. The molecule has 0 spiro atoms. The number of carbonyl (C=O) groups is 1. The first kappa shape index (κ1) is 20.7. The minimum absolute atomic E-state index is 0.0816. The van der Waals surface area contributed by atoms with E-state index >= 15 is 0 Å². The maximum Gasteiger partial charge on any atom is 0.251 e. The Hall–Kier alpha value is -3.54. The fourth-order valence-corrected chi connectivity index (χ4v) is 3.54. The molecular formula is C25H27N3O3. The Bertz CT molecular complexity index is 985. The number of benzene rings is 2. The van der Waals surface area contributed by atoms with Gasteiger partial charge in [-0.25, -0.2) is 0 Å². The van der Waals surface area contributed by atoms with E-state index in [2.05, 4.69) is 39.5 Å². The number of aromatic nitrogens is 1. The summed E-state index contributed by atoms with van der Waals surface area (Å²) in [5.41, 5.74) is 2.83. The average molecular weight is 418 g/mol. The molecule has 1 fully saturated rings. The zero-order valence-corrected chi connectivity index (χ0v) is 17.8. The number of ether oxygens (including phenoxy) is 2. The van der Waals surface area contributed by atoms with Gasteiger partial charge in [0.05, 0.1) is 25.7 Å². The summed E-state index contributed by atoms with van der Waals surface area (Å²) in [6, 6.07) is 19.4. The number of nitrogens with zero attached hydrogens (tertiary/aromatic N) is 2. The quantitative estimate of drug-likeness (QED) is 0.594. The number of hydrogen-bond acceptors (Lipinski definition) is 5. The van der Waals surface area contributed by atoms with E-state index in [1.165, 1.54) is 0 Å². The van der Waals surface area contributed by atoms with Gasteiger partial charge in [0.15, 0.2) is 0 Å². The van der Waals surface area contributed by atoms with Crippen molar-refractivity contribution in [2.24, 2.45) is 0 Å². The molecule has 1 atom stereocenters. The van der Waals surface area contributed by atoms with Crippen LogP contribution in [0.2, 0.25) is 0 Å². The third-order valence-corrected chi connectivity index (χ3v) is 5.33. The van der Waals surface area contributed by atoms with E-state index in [-0.39, 0.29) is 18.1 Å². The van der Waals surface area contributed by atoms with E-state index in [0.29, 0.717) is 12.2 Å². The largest absolute Gasteiger partial charge is 0.494 e. The lowest BCUT2D eigenvalue weighted by Gasteiger charge is -2.40. The smallest absolute Gasteiger partial charge is 0.251 e. The third-order valence-electron chi connectivity index (χ3n) is 5.33. The molecular weight excluding hydrogens is 390 g/mol.